The highest BCUT2D eigenvalue weighted by atomic mass is 35.5. The van der Waals surface area contributed by atoms with Gasteiger partial charge >= 0.3 is 0 Å². The van der Waals surface area contributed by atoms with Crippen molar-refractivity contribution in [1.29, 1.82) is 0 Å². The number of carbonyl (C=O) groups excluding carboxylic acids is 2. The average Bonchev–Trinajstić information content (AvgIpc) is 2.96. The SMILES string of the molecule is O=C(c1cc(Cl)c(F)c(Cl)c1)N1CCC2(CC1)CN(C(=O)c1cccnc1SCc1ccccc1)CCC2O. The molecule has 3 aromatic rings. The van der Waals surface area contributed by atoms with Gasteiger partial charge in [-0.2, -0.15) is 0 Å². The minimum absolute atomic E-state index is 0.0981. The number of hydrogen-bond acceptors (Lipinski definition) is 5. The van der Waals surface area contributed by atoms with E-state index in [-0.39, 0.29) is 27.4 Å². The van der Waals surface area contributed by atoms with Crippen LogP contribution in [0, 0.1) is 11.2 Å². The normalized spacial score (nSPS) is 18.8. The van der Waals surface area contributed by atoms with Crippen LogP contribution in [0.1, 0.15) is 45.5 Å². The van der Waals surface area contributed by atoms with E-state index in [0.29, 0.717) is 61.8 Å². The molecule has 2 aliphatic rings. The fraction of sp³-hybridized carbons (Fsp3) is 0.345. The molecule has 204 valence electrons. The van der Waals surface area contributed by atoms with Crippen LogP contribution in [0.4, 0.5) is 4.39 Å². The maximum Gasteiger partial charge on any atom is 0.256 e. The minimum atomic E-state index is -0.752. The number of hydrogen-bond donors (Lipinski definition) is 1. The van der Waals surface area contributed by atoms with Crippen molar-refractivity contribution in [1.82, 2.24) is 14.8 Å². The first-order valence-electron chi connectivity index (χ1n) is 12.8. The molecule has 2 saturated heterocycles. The van der Waals surface area contributed by atoms with Crippen LogP contribution in [-0.2, 0) is 5.75 Å². The molecule has 2 fully saturated rings. The van der Waals surface area contributed by atoms with Gasteiger partial charge in [0.25, 0.3) is 11.8 Å². The average molecular weight is 589 g/mol. The van der Waals surface area contributed by atoms with E-state index in [9.17, 15) is 19.1 Å². The highest BCUT2D eigenvalue weighted by Crippen LogP contribution is 2.41. The van der Waals surface area contributed by atoms with E-state index in [0.717, 1.165) is 5.56 Å². The molecule has 2 aliphatic heterocycles. The molecule has 2 amide bonds. The van der Waals surface area contributed by atoms with Gasteiger partial charge in [-0.1, -0.05) is 53.5 Å². The van der Waals surface area contributed by atoms with Crippen LogP contribution < -0.4 is 0 Å². The Labute approximate surface area is 241 Å². The quantitative estimate of drug-likeness (QED) is 0.295. The smallest absolute Gasteiger partial charge is 0.256 e. The molecule has 6 nitrogen and oxygen atoms in total. The number of thioether (sulfide) groups is 1. The number of benzene rings is 2. The van der Waals surface area contributed by atoms with Crippen molar-refractivity contribution in [3.05, 3.63) is 93.3 Å². The Morgan fingerprint density at radius 3 is 2.38 bits per heavy atom. The van der Waals surface area contributed by atoms with Gasteiger partial charge in [0.1, 0.15) is 5.03 Å². The number of piperidine rings is 2. The fourth-order valence-corrected chi connectivity index (χ4v) is 6.82. The second-order valence-electron chi connectivity index (χ2n) is 10.1. The summed E-state index contributed by atoms with van der Waals surface area (Å²) in [5.74, 6) is -0.436. The van der Waals surface area contributed by atoms with E-state index in [2.05, 4.69) is 4.98 Å². The third kappa shape index (κ3) is 5.94. The molecule has 0 saturated carbocycles. The van der Waals surface area contributed by atoms with Crippen LogP contribution in [0.3, 0.4) is 0 Å². The lowest BCUT2D eigenvalue weighted by Gasteiger charge is -2.50. The number of aromatic nitrogens is 1. The molecule has 1 unspecified atom stereocenters. The molecule has 3 heterocycles. The van der Waals surface area contributed by atoms with Crippen molar-refractivity contribution < 1.29 is 19.1 Å². The van der Waals surface area contributed by atoms with E-state index in [1.165, 1.54) is 23.9 Å². The molecule has 0 aliphatic carbocycles. The molecule has 1 N–H and O–H groups in total. The summed E-state index contributed by atoms with van der Waals surface area (Å²) < 4.78 is 13.8. The summed E-state index contributed by atoms with van der Waals surface area (Å²) in [6, 6.07) is 16.2. The third-order valence-electron chi connectivity index (χ3n) is 7.67. The van der Waals surface area contributed by atoms with Crippen LogP contribution >= 0.6 is 35.0 Å². The van der Waals surface area contributed by atoms with Gasteiger partial charge in [0, 0.05) is 49.1 Å². The molecule has 0 radical (unpaired) electrons. The van der Waals surface area contributed by atoms with Crippen molar-refractivity contribution in [3.8, 4) is 0 Å². The summed E-state index contributed by atoms with van der Waals surface area (Å²) in [4.78, 5) is 34.7. The molecule has 1 atom stereocenters. The summed E-state index contributed by atoms with van der Waals surface area (Å²) in [6.45, 7) is 1.65. The van der Waals surface area contributed by atoms with Gasteiger partial charge in [-0.25, -0.2) is 9.37 Å². The van der Waals surface area contributed by atoms with Gasteiger partial charge < -0.3 is 14.9 Å². The first kappa shape index (κ1) is 27.9. The third-order valence-corrected chi connectivity index (χ3v) is 9.30. The maximum absolute atomic E-state index is 13.8. The Morgan fingerprint density at radius 2 is 1.69 bits per heavy atom. The van der Waals surface area contributed by atoms with E-state index in [1.54, 1.807) is 23.2 Å². The maximum atomic E-state index is 13.8. The number of halogens is 3. The Bertz CT molecular complexity index is 1350. The van der Waals surface area contributed by atoms with Crippen LogP contribution in [0.25, 0.3) is 0 Å². The Morgan fingerprint density at radius 1 is 1.00 bits per heavy atom. The van der Waals surface area contributed by atoms with Gasteiger partial charge in [-0.3, -0.25) is 9.59 Å². The van der Waals surface area contributed by atoms with Crippen molar-refractivity contribution in [2.45, 2.75) is 36.1 Å². The van der Waals surface area contributed by atoms with Crippen molar-refractivity contribution in [2.24, 2.45) is 5.41 Å². The van der Waals surface area contributed by atoms with Crippen LogP contribution in [0.5, 0.6) is 0 Å². The van der Waals surface area contributed by atoms with E-state index < -0.39 is 17.3 Å². The molecule has 1 aromatic heterocycles. The highest BCUT2D eigenvalue weighted by molar-refractivity contribution is 7.98. The summed E-state index contributed by atoms with van der Waals surface area (Å²) in [7, 11) is 0. The topological polar surface area (TPSA) is 73.7 Å². The summed E-state index contributed by atoms with van der Waals surface area (Å²) in [6.07, 6.45) is 2.66. The van der Waals surface area contributed by atoms with Crippen molar-refractivity contribution in [3.63, 3.8) is 0 Å². The number of pyridine rings is 1. The Balaban J connectivity index is 1.27. The number of amides is 2. The highest BCUT2D eigenvalue weighted by Gasteiger charge is 2.46. The number of carbonyl (C=O) groups is 2. The first-order valence-corrected chi connectivity index (χ1v) is 14.5. The molecule has 10 heteroatoms. The zero-order valence-electron chi connectivity index (χ0n) is 21.2. The molecule has 5 rings (SSSR count). The lowest BCUT2D eigenvalue weighted by Crippen LogP contribution is -2.58. The number of rotatable bonds is 5. The molecule has 2 aromatic carbocycles. The van der Waals surface area contributed by atoms with Crippen molar-refractivity contribution >= 4 is 46.8 Å². The largest absolute Gasteiger partial charge is 0.392 e. The standard InChI is InChI=1S/C29H28Cl2FN3O3S/c30-22-15-20(16-23(31)25(22)32)27(37)34-13-9-29(10-14-34)18-35(12-8-24(29)36)28(38)21-7-4-11-33-26(21)39-17-19-5-2-1-3-6-19/h1-7,11,15-16,24,36H,8-10,12-14,17-18H2. The minimum Gasteiger partial charge on any atom is -0.392 e. The van der Waals surface area contributed by atoms with E-state index >= 15 is 0 Å². The second-order valence-corrected chi connectivity index (χ2v) is 11.8. The molecule has 0 bridgehead atoms. The number of aliphatic hydroxyl groups excluding tert-OH is 1. The lowest BCUT2D eigenvalue weighted by molar-refractivity contribution is -0.0676. The summed E-state index contributed by atoms with van der Waals surface area (Å²) in [5.41, 5.74) is 1.42. The van der Waals surface area contributed by atoms with Gasteiger partial charge in [0.05, 0.1) is 21.7 Å². The van der Waals surface area contributed by atoms with Gasteiger partial charge in [-0.15, -0.1) is 11.8 Å². The van der Waals surface area contributed by atoms with Crippen LogP contribution in [0.15, 0.2) is 65.8 Å². The number of nitrogens with zero attached hydrogens (tertiary/aromatic N) is 3. The van der Waals surface area contributed by atoms with Crippen LogP contribution in [-0.4, -0.2) is 64.0 Å². The Hall–Kier alpha value is -2.65. The fourth-order valence-electron chi connectivity index (χ4n) is 5.40. The van der Waals surface area contributed by atoms with Gasteiger partial charge in [-0.05, 0) is 49.1 Å². The molecule has 1 spiro atoms. The summed E-state index contributed by atoms with van der Waals surface area (Å²) >= 11 is 13.3. The van der Waals surface area contributed by atoms with Gasteiger partial charge in [0.15, 0.2) is 5.82 Å². The van der Waals surface area contributed by atoms with Crippen molar-refractivity contribution in [2.75, 3.05) is 26.2 Å². The van der Waals surface area contributed by atoms with E-state index in [4.69, 9.17) is 23.2 Å². The summed E-state index contributed by atoms with van der Waals surface area (Å²) in [5, 5.41) is 11.3. The number of aliphatic hydroxyl groups is 1. The molecular weight excluding hydrogens is 560 g/mol. The lowest BCUT2D eigenvalue weighted by atomic mass is 9.70. The van der Waals surface area contributed by atoms with Gasteiger partial charge in [0.2, 0.25) is 0 Å². The van der Waals surface area contributed by atoms with Crippen LogP contribution in [0.2, 0.25) is 10.0 Å². The number of likely N-dealkylation sites (tertiary alicyclic amines) is 2. The predicted molar refractivity (Wildman–Crippen MR) is 151 cm³/mol. The zero-order chi connectivity index (χ0) is 27.6. The molecule has 39 heavy (non-hydrogen) atoms. The Kier molecular flexibility index (Phi) is 8.47. The zero-order valence-corrected chi connectivity index (χ0v) is 23.5. The van der Waals surface area contributed by atoms with E-state index in [1.807, 2.05) is 35.2 Å². The monoisotopic (exact) mass is 587 g/mol. The predicted octanol–water partition coefficient (Wildman–Crippen LogP) is 5.95. The first-order chi connectivity index (χ1) is 18.8. The molecular formula is C29H28Cl2FN3O3S. The second kappa shape index (κ2) is 11.8.